The number of amides is 1. The molecule has 4 rings (SSSR count). The average molecular weight is 388 g/mol. The first-order chi connectivity index (χ1) is 13.1. The van der Waals surface area contributed by atoms with Crippen molar-refractivity contribution in [2.45, 2.75) is 65.5 Å². The fourth-order valence-electron chi connectivity index (χ4n) is 4.27. The molecule has 5 nitrogen and oxygen atoms in total. The molecule has 0 aliphatic carbocycles. The zero-order chi connectivity index (χ0) is 18.8. The molecule has 2 aromatic rings. The summed E-state index contributed by atoms with van der Waals surface area (Å²) in [5.74, 6) is 1.17. The molecule has 2 aliphatic rings. The van der Waals surface area contributed by atoms with Crippen LogP contribution in [0.2, 0.25) is 0 Å². The SMILES string of the molecule is Cc1noc(C)c1CN1CCc2c(C(=O)N3CCCCCCC3)csc2C1. The lowest BCUT2D eigenvalue weighted by Gasteiger charge is -2.28. The normalized spacial score (nSPS) is 18.8. The maximum Gasteiger partial charge on any atom is 0.254 e. The van der Waals surface area contributed by atoms with E-state index < -0.39 is 0 Å². The lowest BCUT2D eigenvalue weighted by Crippen LogP contribution is -2.35. The van der Waals surface area contributed by atoms with Gasteiger partial charge in [0, 0.05) is 48.5 Å². The standard InChI is InChI=1S/C21H29N3O2S/c1-15-18(16(2)26-22-15)12-23-11-8-17-19(14-27-20(17)13-23)21(25)24-9-6-4-3-5-7-10-24/h14H,3-13H2,1-2H3. The van der Waals surface area contributed by atoms with E-state index in [1.54, 1.807) is 11.3 Å². The first kappa shape index (κ1) is 18.7. The zero-order valence-corrected chi connectivity index (χ0v) is 17.2. The highest BCUT2D eigenvalue weighted by Gasteiger charge is 2.27. The Kier molecular flexibility index (Phi) is 5.64. The van der Waals surface area contributed by atoms with Crippen LogP contribution in [0.1, 0.15) is 69.9 Å². The summed E-state index contributed by atoms with van der Waals surface area (Å²) in [4.78, 5) is 19.0. The summed E-state index contributed by atoms with van der Waals surface area (Å²) in [6, 6.07) is 0. The largest absolute Gasteiger partial charge is 0.361 e. The summed E-state index contributed by atoms with van der Waals surface area (Å²) in [5, 5.41) is 6.17. The Morgan fingerprint density at radius 2 is 1.89 bits per heavy atom. The van der Waals surface area contributed by atoms with Crippen molar-refractivity contribution in [3.63, 3.8) is 0 Å². The van der Waals surface area contributed by atoms with Crippen LogP contribution in [-0.2, 0) is 19.5 Å². The molecule has 1 fully saturated rings. The third-order valence-electron chi connectivity index (χ3n) is 5.96. The third-order valence-corrected chi connectivity index (χ3v) is 6.98. The minimum absolute atomic E-state index is 0.258. The van der Waals surface area contributed by atoms with Crippen molar-refractivity contribution >= 4 is 17.2 Å². The Hall–Kier alpha value is -1.66. The maximum atomic E-state index is 13.1. The van der Waals surface area contributed by atoms with Gasteiger partial charge in [-0.25, -0.2) is 0 Å². The number of nitrogens with zero attached hydrogens (tertiary/aromatic N) is 3. The van der Waals surface area contributed by atoms with Crippen LogP contribution in [0.3, 0.4) is 0 Å². The summed E-state index contributed by atoms with van der Waals surface area (Å²) in [5.41, 5.74) is 4.44. The van der Waals surface area contributed by atoms with Crippen molar-refractivity contribution < 1.29 is 9.32 Å². The van der Waals surface area contributed by atoms with Gasteiger partial charge in [-0.1, -0.05) is 24.4 Å². The van der Waals surface area contributed by atoms with Crippen molar-refractivity contribution in [3.8, 4) is 0 Å². The lowest BCUT2D eigenvalue weighted by atomic mass is 10.0. The highest BCUT2D eigenvalue weighted by molar-refractivity contribution is 7.10. The van der Waals surface area contributed by atoms with E-state index in [-0.39, 0.29) is 5.91 Å². The highest BCUT2D eigenvalue weighted by Crippen LogP contribution is 2.31. The van der Waals surface area contributed by atoms with Gasteiger partial charge < -0.3 is 9.42 Å². The fourth-order valence-corrected chi connectivity index (χ4v) is 5.38. The molecule has 0 unspecified atom stereocenters. The van der Waals surface area contributed by atoms with Crippen LogP contribution in [-0.4, -0.2) is 40.5 Å². The average Bonchev–Trinajstić information content (AvgIpc) is 3.19. The predicted octanol–water partition coefficient (Wildman–Crippen LogP) is 4.32. The second kappa shape index (κ2) is 8.15. The number of rotatable bonds is 3. The molecule has 1 saturated heterocycles. The zero-order valence-electron chi connectivity index (χ0n) is 16.4. The van der Waals surface area contributed by atoms with E-state index in [1.807, 2.05) is 13.8 Å². The molecule has 6 heteroatoms. The van der Waals surface area contributed by atoms with Gasteiger partial charge in [0.15, 0.2) is 0 Å². The summed E-state index contributed by atoms with van der Waals surface area (Å²) >= 11 is 1.75. The molecule has 27 heavy (non-hydrogen) atoms. The Labute approximate surface area is 165 Å². The molecule has 0 atom stereocenters. The number of hydrogen-bond acceptors (Lipinski definition) is 5. The molecule has 0 aromatic carbocycles. The molecule has 2 aliphatic heterocycles. The van der Waals surface area contributed by atoms with Gasteiger partial charge in [-0.05, 0) is 38.7 Å². The van der Waals surface area contributed by atoms with E-state index in [0.29, 0.717) is 0 Å². The molecule has 2 aromatic heterocycles. The highest BCUT2D eigenvalue weighted by atomic mass is 32.1. The number of carbonyl (C=O) groups excluding carboxylic acids is 1. The first-order valence-electron chi connectivity index (χ1n) is 10.2. The number of carbonyl (C=O) groups is 1. The van der Waals surface area contributed by atoms with Gasteiger partial charge in [0.2, 0.25) is 0 Å². The van der Waals surface area contributed by atoms with Crippen LogP contribution in [0.5, 0.6) is 0 Å². The van der Waals surface area contributed by atoms with Crippen LogP contribution < -0.4 is 0 Å². The van der Waals surface area contributed by atoms with Gasteiger partial charge in [-0.3, -0.25) is 9.69 Å². The number of hydrogen-bond donors (Lipinski definition) is 0. The Bertz CT molecular complexity index is 783. The van der Waals surface area contributed by atoms with E-state index in [2.05, 4.69) is 20.3 Å². The van der Waals surface area contributed by atoms with Crippen molar-refractivity contribution in [2.24, 2.45) is 0 Å². The van der Waals surface area contributed by atoms with Crippen molar-refractivity contribution in [1.82, 2.24) is 15.0 Å². The van der Waals surface area contributed by atoms with E-state index in [4.69, 9.17) is 4.52 Å². The van der Waals surface area contributed by atoms with Gasteiger partial charge in [0.25, 0.3) is 5.91 Å². The number of thiophene rings is 1. The van der Waals surface area contributed by atoms with Crippen molar-refractivity contribution in [2.75, 3.05) is 19.6 Å². The third kappa shape index (κ3) is 3.97. The second-order valence-electron chi connectivity index (χ2n) is 7.87. The van der Waals surface area contributed by atoms with Gasteiger partial charge in [0.1, 0.15) is 5.76 Å². The van der Waals surface area contributed by atoms with Gasteiger partial charge >= 0.3 is 0 Å². The smallest absolute Gasteiger partial charge is 0.254 e. The monoisotopic (exact) mass is 387 g/mol. The quantitative estimate of drug-likeness (QED) is 0.787. The molecule has 0 bridgehead atoms. The summed E-state index contributed by atoms with van der Waals surface area (Å²) in [6.45, 7) is 8.59. The van der Waals surface area contributed by atoms with E-state index in [1.165, 1.54) is 35.3 Å². The van der Waals surface area contributed by atoms with Gasteiger partial charge in [-0.2, -0.15) is 0 Å². The molecular weight excluding hydrogens is 358 g/mol. The summed E-state index contributed by atoms with van der Waals surface area (Å²) in [6.07, 6.45) is 7.06. The fraction of sp³-hybridized carbons (Fsp3) is 0.619. The minimum Gasteiger partial charge on any atom is -0.361 e. The Morgan fingerprint density at radius 1 is 1.15 bits per heavy atom. The van der Waals surface area contributed by atoms with Crippen LogP contribution >= 0.6 is 11.3 Å². The Morgan fingerprint density at radius 3 is 2.59 bits per heavy atom. The molecule has 0 N–H and O–H groups in total. The first-order valence-corrected chi connectivity index (χ1v) is 11.0. The lowest BCUT2D eigenvalue weighted by molar-refractivity contribution is 0.0741. The van der Waals surface area contributed by atoms with Crippen LogP contribution in [0, 0.1) is 13.8 Å². The number of aromatic nitrogens is 1. The number of aryl methyl sites for hydroxylation is 2. The molecule has 4 heterocycles. The maximum absolute atomic E-state index is 13.1. The van der Waals surface area contributed by atoms with Crippen LogP contribution in [0.4, 0.5) is 0 Å². The number of likely N-dealkylation sites (tertiary alicyclic amines) is 1. The van der Waals surface area contributed by atoms with E-state index in [9.17, 15) is 4.79 Å². The number of fused-ring (bicyclic) bond motifs is 1. The van der Waals surface area contributed by atoms with Crippen molar-refractivity contribution in [1.29, 1.82) is 0 Å². The molecule has 0 spiro atoms. The predicted molar refractivity (Wildman–Crippen MR) is 107 cm³/mol. The van der Waals surface area contributed by atoms with Gasteiger partial charge in [0.05, 0.1) is 11.3 Å². The summed E-state index contributed by atoms with van der Waals surface area (Å²) < 4.78 is 5.30. The minimum atomic E-state index is 0.258. The van der Waals surface area contributed by atoms with Crippen molar-refractivity contribution in [3.05, 3.63) is 38.4 Å². The molecular formula is C21H29N3O2S. The molecule has 0 saturated carbocycles. The summed E-state index contributed by atoms with van der Waals surface area (Å²) in [7, 11) is 0. The van der Waals surface area contributed by atoms with Crippen LogP contribution in [0.25, 0.3) is 0 Å². The topological polar surface area (TPSA) is 49.6 Å². The molecule has 146 valence electrons. The van der Waals surface area contributed by atoms with E-state index >= 15 is 0 Å². The van der Waals surface area contributed by atoms with Gasteiger partial charge in [-0.15, -0.1) is 11.3 Å². The second-order valence-corrected chi connectivity index (χ2v) is 8.84. The van der Waals surface area contributed by atoms with E-state index in [0.717, 1.165) is 69.0 Å². The van der Waals surface area contributed by atoms with Crippen LogP contribution in [0.15, 0.2) is 9.90 Å². The molecule has 0 radical (unpaired) electrons. The molecule has 1 amide bonds. The Balaban J connectivity index is 1.45.